The maximum atomic E-state index is 13.5. The summed E-state index contributed by atoms with van der Waals surface area (Å²) in [4.78, 5) is 24.3. The number of carbonyl (C=O) groups is 1. The highest BCUT2D eigenvalue weighted by molar-refractivity contribution is 8.23. The molecular formula is C21H28N4O2S5. The number of benzene rings is 1. The number of rotatable bonds is 7. The van der Waals surface area contributed by atoms with Crippen molar-refractivity contribution in [3.05, 3.63) is 23.8 Å². The number of thiazole rings is 1. The topological polar surface area (TPSA) is 48.9 Å². The number of aromatic nitrogens is 1. The zero-order valence-corrected chi connectivity index (χ0v) is 22.8. The molecule has 2 heterocycles. The molecule has 0 N–H and O–H groups in total. The van der Waals surface area contributed by atoms with Crippen LogP contribution in [-0.2, 0) is 4.74 Å². The Labute approximate surface area is 213 Å². The molecule has 1 saturated heterocycles. The standard InChI is InChI=1S/C21H28N4O2S5/c1-23(2)20(28)30-12-15(13-31-21(29)24(3)4)18(26)14-5-6-16-17(11-14)32-19(22-16)25-7-9-27-10-8-25/h5-6,11,15H,7-10,12-13H2,1-4H3. The molecule has 1 aliphatic rings. The van der Waals surface area contributed by atoms with E-state index < -0.39 is 0 Å². The van der Waals surface area contributed by atoms with Gasteiger partial charge in [-0.1, -0.05) is 59.3 Å². The first-order chi connectivity index (χ1) is 15.3. The summed E-state index contributed by atoms with van der Waals surface area (Å²) in [5.41, 5.74) is 1.64. The first kappa shape index (κ1) is 25.6. The lowest BCUT2D eigenvalue weighted by molar-refractivity contribution is 0.0944. The number of carbonyl (C=O) groups excluding carboxylic acids is 1. The molecule has 1 aromatic carbocycles. The molecule has 0 atom stereocenters. The largest absolute Gasteiger partial charge is 0.378 e. The number of hydrogen-bond acceptors (Lipinski definition) is 9. The fourth-order valence-corrected chi connectivity index (χ4v) is 6.35. The molecule has 0 amide bonds. The summed E-state index contributed by atoms with van der Waals surface area (Å²) < 4.78 is 8.02. The number of morpholine rings is 1. The number of ether oxygens (including phenoxy) is 1. The van der Waals surface area contributed by atoms with Crippen molar-refractivity contribution >= 4 is 89.1 Å². The Morgan fingerprint density at radius 1 is 1.12 bits per heavy atom. The van der Waals surface area contributed by atoms with Gasteiger partial charge in [-0.05, 0) is 18.2 Å². The Morgan fingerprint density at radius 2 is 1.72 bits per heavy atom. The lowest BCUT2D eigenvalue weighted by atomic mass is 10.0. The van der Waals surface area contributed by atoms with E-state index >= 15 is 0 Å². The van der Waals surface area contributed by atoms with Crippen LogP contribution >= 0.6 is 59.3 Å². The molecule has 0 spiro atoms. The highest BCUT2D eigenvalue weighted by atomic mass is 32.2. The van der Waals surface area contributed by atoms with E-state index in [1.54, 1.807) is 34.9 Å². The summed E-state index contributed by atoms with van der Waals surface area (Å²) in [6.07, 6.45) is 0. The van der Waals surface area contributed by atoms with E-state index in [0.29, 0.717) is 17.1 Å². The van der Waals surface area contributed by atoms with E-state index in [1.165, 1.54) is 0 Å². The van der Waals surface area contributed by atoms with E-state index in [-0.39, 0.29) is 11.7 Å². The van der Waals surface area contributed by atoms with Crippen LogP contribution in [-0.4, -0.2) is 95.2 Å². The minimum Gasteiger partial charge on any atom is -0.378 e. The predicted molar refractivity (Wildman–Crippen MR) is 148 cm³/mol. The minimum atomic E-state index is -0.190. The van der Waals surface area contributed by atoms with Crippen molar-refractivity contribution in [2.24, 2.45) is 5.92 Å². The summed E-state index contributed by atoms with van der Waals surface area (Å²) in [6.45, 7) is 3.14. The molecule has 0 aliphatic carbocycles. The highest BCUT2D eigenvalue weighted by Crippen LogP contribution is 2.31. The van der Waals surface area contributed by atoms with Crippen molar-refractivity contribution in [1.82, 2.24) is 14.8 Å². The van der Waals surface area contributed by atoms with Gasteiger partial charge in [0.25, 0.3) is 0 Å². The van der Waals surface area contributed by atoms with E-state index in [1.807, 2.05) is 56.2 Å². The summed E-state index contributed by atoms with van der Waals surface area (Å²) in [5, 5.41) is 0.989. The van der Waals surface area contributed by atoms with E-state index in [2.05, 4.69) is 4.90 Å². The molecular weight excluding hydrogens is 501 g/mol. The molecule has 11 heteroatoms. The molecule has 6 nitrogen and oxygen atoms in total. The predicted octanol–water partition coefficient (Wildman–Crippen LogP) is 4.09. The second kappa shape index (κ2) is 11.9. The van der Waals surface area contributed by atoms with Crippen LogP contribution in [0, 0.1) is 5.92 Å². The molecule has 1 aliphatic heterocycles. The van der Waals surface area contributed by atoms with Gasteiger partial charge in [0.1, 0.15) is 8.64 Å². The average Bonchev–Trinajstić information content (AvgIpc) is 3.22. The van der Waals surface area contributed by atoms with Crippen LogP contribution in [0.15, 0.2) is 18.2 Å². The van der Waals surface area contributed by atoms with Crippen LogP contribution in [0.3, 0.4) is 0 Å². The second-order valence-electron chi connectivity index (χ2n) is 7.78. The molecule has 0 bridgehead atoms. The third kappa shape index (κ3) is 6.77. The van der Waals surface area contributed by atoms with Gasteiger partial charge >= 0.3 is 0 Å². The molecule has 0 radical (unpaired) electrons. The van der Waals surface area contributed by atoms with Crippen molar-refractivity contribution < 1.29 is 9.53 Å². The van der Waals surface area contributed by atoms with E-state index in [9.17, 15) is 4.79 Å². The van der Waals surface area contributed by atoms with Crippen LogP contribution in [0.2, 0.25) is 0 Å². The van der Waals surface area contributed by atoms with Gasteiger partial charge in [0.2, 0.25) is 0 Å². The Morgan fingerprint density at radius 3 is 2.28 bits per heavy atom. The number of nitrogens with zero attached hydrogens (tertiary/aromatic N) is 4. The normalized spacial score (nSPS) is 14.1. The van der Waals surface area contributed by atoms with Crippen LogP contribution in [0.25, 0.3) is 10.2 Å². The lowest BCUT2D eigenvalue weighted by Gasteiger charge is -2.25. The van der Waals surface area contributed by atoms with E-state index in [4.69, 9.17) is 34.2 Å². The average molecular weight is 529 g/mol. The Hall–Kier alpha value is -0.980. The fourth-order valence-electron chi connectivity index (χ4n) is 2.99. The minimum absolute atomic E-state index is 0.122. The van der Waals surface area contributed by atoms with Crippen molar-refractivity contribution in [2.75, 3.05) is 70.9 Å². The molecule has 1 aromatic heterocycles. The van der Waals surface area contributed by atoms with Gasteiger partial charge in [-0.15, -0.1) is 0 Å². The summed E-state index contributed by atoms with van der Waals surface area (Å²) in [5.74, 6) is 1.18. The molecule has 32 heavy (non-hydrogen) atoms. The van der Waals surface area contributed by atoms with Gasteiger partial charge in [0.15, 0.2) is 10.9 Å². The zero-order chi connectivity index (χ0) is 23.3. The Kier molecular flexibility index (Phi) is 9.56. The summed E-state index contributed by atoms with van der Waals surface area (Å²) >= 11 is 15.6. The fraction of sp³-hybridized carbons (Fsp3) is 0.524. The third-order valence-corrected chi connectivity index (χ3v) is 9.74. The molecule has 0 saturated carbocycles. The number of hydrogen-bond donors (Lipinski definition) is 0. The first-order valence-corrected chi connectivity index (χ1v) is 13.8. The van der Waals surface area contributed by atoms with Crippen LogP contribution in [0.1, 0.15) is 10.4 Å². The second-order valence-corrected chi connectivity index (χ2v) is 12.1. The van der Waals surface area contributed by atoms with E-state index in [0.717, 1.165) is 50.3 Å². The monoisotopic (exact) mass is 528 g/mol. The number of thioether (sulfide) groups is 2. The summed E-state index contributed by atoms with van der Waals surface area (Å²) in [7, 11) is 7.69. The number of thiocarbonyl (C=S) groups is 2. The van der Waals surface area contributed by atoms with Crippen molar-refractivity contribution in [2.45, 2.75) is 0 Å². The number of anilines is 1. The third-order valence-electron chi connectivity index (χ3n) is 4.86. The summed E-state index contributed by atoms with van der Waals surface area (Å²) in [6, 6.07) is 5.83. The quantitative estimate of drug-likeness (QED) is 0.388. The van der Waals surface area contributed by atoms with Crippen LogP contribution in [0.5, 0.6) is 0 Å². The van der Waals surface area contributed by atoms with Crippen molar-refractivity contribution in [1.29, 1.82) is 0 Å². The molecule has 3 rings (SSSR count). The Bertz CT molecular complexity index is 948. The molecule has 174 valence electrons. The van der Waals surface area contributed by atoms with Gasteiger partial charge < -0.3 is 19.4 Å². The number of Topliss-reactive ketones (excluding diaryl/α,β-unsaturated/α-hetero) is 1. The van der Waals surface area contributed by atoms with Gasteiger partial charge in [-0.25, -0.2) is 4.98 Å². The number of fused-ring (bicyclic) bond motifs is 1. The van der Waals surface area contributed by atoms with Gasteiger partial charge in [0, 0.05) is 64.3 Å². The smallest absolute Gasteiger partial charge is 0.186 e. The molecule has 0 unspecified atom stereocenters. The number of ketones is 1. The van der Waals surface area contributed by atoms with Crippen LogP contribution in [0.4, 0.5) is 5.13 Å². The van der Waals surface area contributed by atoms with Gasteiger partial charge in [0.05, 0.1) is 23.4 Å². The highest BCUT2D eigenvalue weighted by Gasteiger charge is 2.24. The van der Waals surface area contributed by atoms with Crippen LogP contribution < -0.4 is 4.90 Å². The maximum absolute atomic E-state index is 13.5. The SMILES string of the molecule is CN(C)C(=S)SCC(CSC(=S)N(C)C)C(=O)c1ccc2nc(N3CCOCC3)sc2c1. The van der Waals surface area contributed by atoms with Crippen molar-refractivity contribution in [3.8, 4) is 0 Å². The Balaban J connectivity index is 1.77. The van der Waals surface area contributed by atoms with Gasteiger partial charge in [-0.3, -0.25) is 4.79 Å². The zero-order valence-electron chi connectivity index (χ0n) is 18.7. The lowest BCUT2D eigenvalue weighted by Crippen LogP contribution is -2.36. The molecule has 2 aromatic rings. The first-order valence-electron chi connectivity index (χ1n) is 10.2. The van der Waals surface area contributed by atoms with Gasteiger partial charge in [-0.2, -0.15) is 0 Å². The maximum Gasteiger partial charge on any atom is 0.186 e. The van der Waals surface area contributed by atoms with Crippen molar-refractivity contribution in [3.63, 3.8) is 0 Å². The molecule has 1 fully saturated rings.